The van der Waals surface area contributed by atoms with Crippen LogP contribution in [-0.2, 0) is 11.3 Å². The average Bonchev–Trinajstić information content (AvgIpc) is 2.76. The molecule has 0 amide bonds. The van der Waals surface area contributed by atoms with Gasteiger partial charge < -0.3 is 24.4 Å². The molecule has 0 aliphatic carbocycles. The third-order valence-electron chi connectivity index (χ3n) is 5.21. The molecule has 7 heteroatoms. The first kappa shape index (κ1) is 23.7. The molecular formula is C22H37N3O3S. The summed E-state index contributed by atoms with van der Waals surface area (Å²) in [5.41, 5.74) is 1.15. The molecule has 1 fully saturated rings. The molecule has 1 saturated heterocycles. The zero-order valence-electron chi connectivity index (χ0n) is 18.2. The summed E-state index contributed by atoms with van der Waals surface area (Å²) in [5, 5.41) is 4.28. The fraction of sp³-hybridized carbons (Fsp3) is 0.682. The molecule has 0 saturated carbocycles. The van der Waals surface area contributed by atoms with Crippen molar-refractivity contribution in [2.75, 3.05) is 60.2 Å². The number of nitrogens with zero attached hydrogens (tertiary/aromatic N) is 2. The second kappa shape index (κ2) is 13.6. The van der Waals surface area contributed by atoms with Crippen LogP contribution in [0.1, 0.15) is 38.2 Å². The Morgan fingerprint density at radius 1 is 1.14 bits per heavy atom. The Morgan fingerprint density at radius 3 is 2.59 bits per heavy atom. The minimum Gasteiger partial charge on any atom is -0.493 e. The van der Waals surface area contributed by atoms with Crippen LogP contribution in [0.15, 0.2) is 18.2 Å². The van der Waals surface area contributed by atoms with E-state index in [4.69, 9.17) is 26.4 Å². The summed E-state index contributed by atoms with van der Waals surface area (Å²) in [4.78, 5) is 4.70. The van der Waals surface area contributed by atoms with E-state index in [0.29, 0.717) is 0 Å². The van der Waals surface area contributed by atoms with Crippen LogP contribution in [-0.4, -0.2) is 75.1 Å². The van der Waals surface area contributed by atoms with Crippen molar-refractivity contribution in [1.82, 2.24) is 15.1 Å². The molecule has 1 aromatic rings. The summed E-state index contributed by atoms with van der Waals surface area (Å²) in [6.07, 6.45) is 4.92. The first-order chi connectivity index (χ1) is 14.2. The molecule has 0 aromatic heterocycles. The van der Waals surface area contributed by atoms with Crippen molar-refractivity contribution >= 4 is 17.3 Å². The molecular weight excluding hydrogens is 386 g/mol. The van der Waals surface area contributed by atoms with Gasteiger partial charge in [-0.2, -0.15) is 0 Å². The van der Waals surface area contributed by atoms with Gasteiger partial charge in [0.05, 0.1) is 27.4 Å². The molecule has 29 heavy (non-hydrogen) atoms. The summed E-state index contributed by atoms with van der Waals surface area (Å²) < 4.78 is 16.3. The number of rotatable bonds is 12. The molecule has 0 atom stereocenters. The highest BCUT2D eigenvalue weighted by Gasteiger charge is 2.16. The molecule has 1 aliphatic rings. The van der Waals surface area contributed by atoms with Crippen LogP contribution in [0.3, 0.4) is 0 Å². The van der Waals surface area contributed by atoms with Gasteiger partial charge in [0.1, 0.15) is 0 Å². The van der Waals surface area contributed by atoms with E-state index in [1.165, 1.54) is 19.3 Å². The topological polar surface area (TPSA) is 46.2 Å². The van der Waals surface area contributed by atoms with Crippen molar-refractivity contribution in [1.29, 1.82) is 0 Å². The molecule has 0 radical (unpaired) electrons. The molecule has 2 rings (SSSR count). The van der Waals surface area contributed by atoms with Crippen LogP contribution in [0.4, 0.5) is 0 Å². The highest BCUT2D eigenvalue weighted by atomic mass is 32.1. The maximum Gasteiger partial charge on any atom is 0.169 e. The lowest BCUT2D eigenvalue weighted by Crippen LogP contribution is -2.45. The van der Waals surface area contributed by atoms with Crippen molar-refractivity contribution in [3.05, 3.63) is 23.8 Å². The van der Waals surface area contributed by atoms with E-state index in [0.717, 1.165) is 81.1 Å². The highest BCUT2D eigenvalue weighted by molar-refractivity contribution is 7.80. The van der Waals surface area contributed by atoms with Gasteiger partial charge >= 0.3 is 0 Å². The van der Waals surface area contributed by atoms with Crippen LogP contribution in [0.2, 0.25) is 0 Å². The Morgan fingerprint density at radius 2 is 1.90 bits per heavy atom. The Bertz CT molecular complexity index is 609. The Hall–Kier alpha value is -1.57. The number of hydrogen-bond acceptors (Lipinski definition) is 5. The van der Waals surface area contributed by atoms with Gasteiger partial charge in [0.2, 0.25) is 0 Å². The van der Waals surface area contributed by atoms with E-state index in [1.54, 1.807) is 14.2 Å². The number of ether oxygens (including phenoxy) is 3. The maximum atomic E-state index is 5.74. The van der Waals surface area contributed by atoms with Crippen LogP contribution in [0.5, 0.6) is 11.5 Å². The number of benzene rings is 1. The maximum absolute atomic E-state index is 5.74. The van der Waals surface area contributed by atoms with Crippen molar-refractivity contribution in [3.63, 3.8) is 0 Å². The van der Waals surface area contributed by atoms with Crippen molar-refractivity contribution in [2.45, 2.75) is 39.2 Å². The average molecular weight is 424 g/mol. The molecule has 1 aliphatic heterocycles. The zero-order chi connectivity index (χ0) is 20.9. The second-order valence-corrected chi connectivity index (χ2v) is 7.74. The largest absolute Gasteiger partial charge is 0.493 e. The van der Waals surface area contributed by atoms with Gasteiger partial charge in [0.15, 0.2) is 16.6 Å². The fourth-order valence-electron chi connectivity index (χ4n) is 3.40. The number of thiocarbonyl (C=S) groups is 1. The predicted octanol–water partition coefficient (Wildman–Crippen LogP) is 3.29. The van der Waals surface area contributed by atoms with Crippen molar-refractivity contribution in [3.8, 4) is 11.5 Å². The molecule has 0 bridgehead atoms. The molecule has 1 heterocycles. The minimum absolute atomic E-state index is 0.742. The van der Waals surface area contributed by atoms with Gasteiger partial charge in [-0.15, -0.1) is 0 Å². The van der Waals surface area contributed by atoms with Crippen LogP contribution >= 0.6 is 12.2 Å². The first-order valence-corrected chi connectivity index (χ1v) is 11.1. The van der Waals surface area contributed by atoms with E-state index in [1.807, 2.05) is 12.1 Å². The normalized spacial score (nSPS) is 14.4. The van der Waals surface area contributed by atoms with E-state index in [9.17, 15) is 0 Å². The van der Waals surface area contributed by atoms with Crippen LogP contribution in [0, 0.1) is 0 Å². The quantitative estimate of drug-likeness (QED) is 0.409. The fourth-order valence-corrected chi connectivity index (χ4v) is 3.66. The molecule has 0 spiro atoms. The summed E-state index contributed by atoms with van der Waals surface area (Å²) in [7, 11) is 3.32. The van der Waals surface area contributed by atoms with Gasteiger partial charge in [0.25, 0.3) is 0 Å². The summed E-state index contributed by atoms with van der Waals surface area (Å²) in [6, 6.07) is 6.06. The lowest BCUT2D eigenvalue weighted by atomic mass is 10.2. The predicted molar refractivity (Wildman–Crippen MR) is 122 cm³/mol. The number of morpholine rings is 1. The Balaban J connectivity index is 1.97. The summed E-state index contributed by atoms with van der Waals surface area (Å²) >= 11 is 5.74. The Kier molecular flexibility index (Phi) is 11.1. The number of unbranched alkanes of at least 4 members (excludes halogenated alkanes) is 3. The van der Waals surface area contributed by atoms with Gasteiger partial charge in [-0.1, -0.05) is 32.3 Å². The number of methoxy groups -OCH3 is 2. The Labute approximate surface area is 181 Å². The summed E-state index contributed by atoms with van der Waals surface area (Å²) in [6.45, 7) is 9.37. The van der Waals surface area contributed by atoms with E-state index in [2.05, 4.69) is 28.1 Å². The lowest BCUT2D eigenvalue weighted by molar-refractivity contribution is 0.0357. The van der Waals surface area contributed by atoms with Gasteiger partial charge in [-0.05, 0) is 36.3 Å². The third-order valence-corrected chi connectivity index (χ3v) is 5.61. The van der Waals surface area contributed by atoms with Gasteiger partial charge in [-0.3, -0.25) is 4.90 Å². The lowest BCUT2D eigenvalue weighted by Gasteiger charge is -2.31. The third kappa shape index (κ3) is 8.36. The highest BCUT2D eigenvalue weighted by Crippen LogP contribution is 2.28. The second-order valence-electron chi connectivity index (χ2n) is 7.36. The molecule has 1 N–H and O–H groups in total. The summed E-state index contributed by atoms with van der Waals surface area (Å²) in [5.74, 6) is 1.49. The van der Waals surface area contributed by atoms with Crippen LogP contribution < -0.4 is 14.8 Å². The number of nitrogens with one attached hydrogen (secondary N) is 1. The smallest absolute Gasteiger partial charge is 0.169 e. The SMILES string of the molecule is CCCCCCNC(=S)N(CCN1CCOCC1)Cc1ccc(OC)c(OC)c1. The van der Waals surface area contributed by atoms with Crippen molar-refractivity contribution < 1.29 is 14.2 Å². The van der Waals surface area contributed by atoms with Crippen molar-refractivity contribution in [2.24, 2.45) is 0 Å². The van der Waals surface area contributed by atoms with Crippen LogP contribution in [0.25, 0.3) is 0 Å². The first-order valence-electron chi connectivity index (χ1n) is 10.7. The van der Waals surface area contributed by atoms with E-state index >= 15 is 0 Å². The molecule has 0 unspecified atom stereocenters. The standard InChI is InChI=1S/C22H37N3O3S/c1-4-5-6-7-10-23-22(29)25(12-11-24-13-15-28-16-14-24)18-19-8-9-20(26-2)21(17-19)27-3/h8-9,17H,4-7,10-16,18H2,1-3H3,(H,23,29). The molecule has 6 nitrogen and oxygen atoms in total. The van der Waals surface area contributed by atoms with E-state index in [-0.39, 0.29) is 0 Å². The molecule has 1 aromatic carbocycles. The minimum atomic E-state index is 0.742. The zero-order valence-corrected chi connectivity index (χ0v) is 19.1. The molecule has 164 valence electrons. The number of hydrogen-bond donors (Lipinski definition) is 1. The van der Waals surface area contributed by atoms with Gasteiger partial charge in [-0.25, -0.2) is 0 Å². The monoisotopic (exact) mass is 423 g/mol. The van der Waals surface area contributed by atoms with E-state index < -0.39 is 0 Å². The van der Waals surface area contributed by atoms with Gasteiger partial charge in [0, 0.05) is 39.3 Å².